The van der Waals surface area contributed by atoms with Crippen molar-refractivity contribution >= 4 is 22.2 Å². The maximum atomic E-state index is 13.8. The maximum absolute atomic E-state index is 13.8. The number of benzene rings is 3. The predicted molar refractivity (Wildman–Crippen MR) is 215 cm³/mol. The van der Waals surface area contributed by atoms with E-state index in [0.29, 0.717) is 16.7 Å². The zero-order chi connectivity index (χ0) is 37.0. The summed E-state index contributed by atoms with van der Waals surface area (Å²) in [5, 5.41) is 9.67. The zero-order valence-electron chi connectivity index (χ0n) is 29.7. The predicted octanol–water partition coefficient (Wildman–Crippen LogP) is 10.8. The van der Waals surface area contributed by atoms with Crippen molar-refractivity contribution in [1.82, 2.24) is 34.9 Å². The molecule has 3 aromatic carbocycles. The Balaban J connectivity index is 1.14. The summed E-state index contributed by atoms with van der Waals surface area (Å²) in [5.74, 6) is -0.326. The van der Waals surface area contributed by atoms with E-state index in [1.807, 2.05) is 86.2 Å². The summed E-state index contributed by atoms with van der Waals surface area (Å²) in [6.07, 6.45) is 15.0. The SMILES string of the molecule is C=C/C(=C\C=C(/C)c1ccc(-c2ccncc2)cn1)c1cc(-c2ccc(-c3ccc(-c4ccc(C)cc4)cn3)nc2)c2nn(-c3ccc(F)cc3)nc2c1. The van der Waals surface area contributed by atoms with Crippen molar-refractivity contribution in [3.05, 3.63) is 188 Å². The molecule has 5 heterocycles. The normalized spacial score (nSPS) is 11.9. The highest BCUT2D eigenvalue weighted by molar-refractivity contribution is 5.95. The number of halogens is 1. The van der Waals surface area contributed by atoms with E-state index in [-0.39, 0.29) is 5.82 Å². The van der Waals surface area contributed by atoms with Crippen LogP contribution in [0.15, 0.2) is 165 Å². The number of pyridine rings is 4. The molecule has 8 rings (SSSR count). The molecule has 0 aliphatic carbocycles. The first kappa shape index (κ1) is 33.9. The van der Waals surface area contributed by atoms with Crippen molar-refractivity contribution in [1.29, 1.82) is 0 Å². The van der Waals surface area contributed by atoms with Gasteiger partial charge >= 0.3 is 0 Å². The molecule has 0 saturated carbocycles. The molecule has 0 atom stereocenters. The van der Waals surface area contributed by atoms with E-state index in [2.05, 4.69) is 61.0 Å². The fourth-order valence-electron chi connectivity index (χ4n) is 6.19. The third-order valence-corrected chi connectivity index (χ3v) is 9.28. The summed E-state index contributed by atoms with van der Waals surface area (Å²) in [5.41, 5.74) is 14.4. The smallest absolute Gasteiger partial charge is 0.123 e. The third-order valence-electron chi connectivity index (χ3n) is 9.28. The molecule has 7 nitrogen and oxygen atoms in total. The van der Waals surface area contributed by atoms with Gasteiger partial charge in [0.25, 0.3) is 0 Å². The first-order chi connectivity index (χ1) is 26.4. The first-order valence-corrected chi connectivity index (χ1v) is 17.5. The number of hydrogen-bond acceptors (Lipinski definition) is 6. The monoisotopic (exact) mass is 703 g/mol. The lowest BCUT2D eigenvalue weighted by molar-refractivity contribution is 0.626. The lowest BCUT2D eigenvalue weighted by Gasteiger charge is -2.09. The number of fused-ring (bicyclic) bond motifs is 1. The van der Waals surface area contributed by atoms with Gasteiger partial charge in [0, 0.05) is 53.2 Å². The van der Waals surface area contributed by atoms with Gasteiger partial charge in [0.1, 0.15) is 16.9 Å². The lowest BCUT2D eigenvalue weighted by Crippen LogP contribution is -1.98. The highest BCUT2D eigenvalue weighted by Gasteiger charge is 2.16. The van der Waals surface area contributed by atoms with Crippen LogP contribution in [0.2, 0.25) is 0 Å². The van der Waals surface area contributed by atoms with Gasteiger partial charge in [-0.3, -0.25) is 19.9 Å². The Kier molecular flexibility index (Phi) is 9.30. The molecule has 5 aromatic heterocycles. The van der Waals surface area contributed by atoms with Crippen molar-refractivity contribution < 1.29 is 4.39 Å². The molecular formula is C46H34FN7. The largest absolute Gasteiger partial charge is 0.265 e. The number of nitrogens with zero attached hydrogens (tertiary/aromatic N) is 7. The minimum Gasteiger partial charge on any atom is -0.265 e. The van der Waals surface area contributed by atoms with E-state index >= 15 is 0 Å². The number of rotatable bonds is 9. The lowest BCUT2D eigenvalue weighted by atomic mass is 9.97. The highest BCUT2D eigenvalue weighted by atomic mass is 19.1. The van der Waals surface area contributed by atoms with Crippen molar-refractivity contribution in [3.63, 3.8) is 0 Å². The average molecular weight is 704 g/mol. The molecule has 0 saturated heterocycles. The second-order valence-electron chi connectivity index (χ2n) is 12.9. The van der Waals surface area contributed by atoms with Gasteiger partial charge in [-0.15, -0.1) is 10.2 Å². The van der Waals surface area contributed by atoms with Gasteiger partial charge in [-0.25, -0.2) is 4.39 Å². The van der Waals surface area contributed by atoms with E-state index < -0.39 is 0 Å². The first-order valence-electron chi connectivity index (χ1n) is 17.5. The van der Waals surface area contributed by atoms with Crippen LogP contribution in [-0.2, 0) is 0 Å². The zero-order valence-corrected chi connectivity index (χ0v) is 29.7. The van der Waals surface area contributed by atoms with Crippen LogP contribution in [0.5, 0.6) is 0 Å². The van der Waals surface area contributed by atoms with Gasteiger partial charge in [-0.1, -0.05) is 72.8 Å². The van der Waals surface area contributed by atoms with Crippen molar-refractivity contribution in [2.45, 2.75) is 13.8 Å². The van der Waals surface area contributed by atoms with Crippen LogP contribution in [0.3, 0.4) is 0 Å². The Hall–Kier alpha value is -7.19. The summed E-state index contributed by atoms with van der Waals surface area (Å²) in [6.45, 7) is 8.25. The molecule has 54 heavy (non-hydrogen) atoms. The Morgan fingerprint density at radius 3 is 1.91 bits per heavy atom. The van der Waals surface area contributed by atoms with Gasteiger partial charge in [0.2, 0.25) is 0 Å². The fraction of sp³-hybridized carbons (Fsp3) is 0.0435. The number of allylic oxidation sites excluding steroid dienone is 5. The van der Waals surface area contributed by atoms with Crippen LogP contribution in [0.1, 0.15) is 23.7 Å². The number of hydrogen-bond donors (Lipinski definition) is 0. The van der Waals surface area contributed by atoms with Crippen LogP contribution in [0.4, 0.5) is 4.39 Å². The Morgan fingerprint density at radius 1 is 0.648 bits per heavy atom. The van der Waals surface area contributed by atoms with Crippen molar-refractivity contribution in [2.24, 2.45) is 0 Å². The molecule has 0 aliphatic rings. The van der Waals surface area contributed by atoms with Crippen LogP contribution < -0.4 is 0 Å². The molecule has 8 aromatic rings. The maximum Gasteiger partial charge on any atom is 0.123 e. The highest BCUT2D eigenvalue weighted by Crippen LogP contribution is 2.33. The molecule has 0 amide bonds. The standard InChI is InChI=1S/C46H34FN7/c1-4-32(10-7-31(3)42-18-11-36(27-49-42)34-21-23-48-24-22-34)38-25-41(46-45(26-38)52-54(53-46)40-16-14-39(47)15-17-40)37-13-20-44(51-29-37)43-19-12-35(28-50-43)33-8-5-30(2)6-9-33/h4-29H,1H2,2-3H3/b31-7+,32-10+. The van der Waals surface area contributed by atoms with E-state index in [4.69, 9.17) is 25.1 Å². The van der Waals surface area contributed by atoms with Crippen LogP contribution in [-0.4, -0.2) is 34.9 Å². The van der Waals surface area contributed by atoms with E-state index in [0.717, 1.165) is 67.2 Å². The number of aromatic nitrogens is 7. The summed E-state index contributed by atoms with van der Waals surface area (Å²) in [6, 6.07) is 34.6. The Bertz CT molecular complexity index is 2640. The summed E-state index contributed by atoms with van der Waals surface area (Å²) >= 11 is 0. The van der Waals surface area contributed by atoms with Gasteiger partial charge < -0.3 is 0 Å². The average Bonchev–Trinajstić information content (AvgIpc) is 3.66. The van der Waals surface area contributed by atoms with E-state index in [1.54, 1.807) is 24.5 Å². The van der Waals surface area contributed by atoms with Gasteiger partial charge in [0.05, 0.1) is 22.8 Å². The quantitative estimate of drug-likeness (QED) is 0.139. The Labute approximate surface area is 312 Å². The van der Waals surface area contributed by atoms with E-state index in [1.165, 1.54) is 22.5 Å². The van der Waals surface area contributed by atoms with Gasteiger partial charge in [0.15, 0.2) is 0 Å². The summed E-state index contributed by atoms with van der Waals surface area (Å²) in [7, 11) is 0. The molecule has 0 radical (unpaired) electrons. The Morgan fingerprint density at radius 2 is 1.28 bits per heavy atom. The summed E-state index contributed by atoms with van der Waals surface area (Å²) in [4.78, 5) is 19.9. The van der Waals surface area contributed by atoms with Crippen LogP contribution in [0.25, 0.3) is 72.6 Å². The van der Waals surface area contributed by atoms with Crippen LogP contribution >= 0.6 is 0 Å². The molecule has 0 fully saturated rings. The van der Waals surface area contributed by atoms with Gasteiger partial charge in [-0.05, 0) is 108 Å². The molecule has 8 heteroatoms. The third kappa shape index (κ3) is 7.13. The molecular weight excluding hydrogens is 670 g/mol. The topological polar surface area (TPSA) is 82.3 Å². The minimum atomic E-state index is -0.326. The molecule has 0 bridgehead atoms. The molecule has 0 spiro atoms. The molecule has 0 N–H and O–H groups in total. The molecule has 0 unspecified atom stereocenters. The van der Waals surface area contributed by atoms with E-state index in [9.17, 15) is 4.39 Å². The molecule has 0 aliphatic heterocycles. The van der Waals surface area contributed by atoms with Crippen molar-refractivity contribution in [3.8, 4) is 50.5 Å². The van der Waals surface area contributed by atoms with Gasteiger partial charge in [-0.2, -0.15) is 4.80 Å². The number of aryl methyl sites for hydroxylation is 1. The summed E-state index contributed by atoms with van der Waals surface area (Å²) < 4.78 is 13.8. The molecule has 260 valence electrons. The van der Waals surface area contributed by atoms with Crippen LogP contribution in [0, 0.1) is 12.7 Å². The second-order valence-corrected chi connectivity index (χ2v) is 12.9. The minimum absolute atomic E-state index is 0.326. The fourth-order valence-corrected chi connectivity index (χ4v) is 6.19. The van der Waals surface area contributed by atoms with Crippen molar-refractivity contribution in [2.75, 3.05) is 0 Å². The second kappa shape index (κ2) is 14.8.